The molecule has 0 unspecified atom stereocenters. The molecule has 0 fully saturated rings. The van der Waals surface area contributed by atoms with Gasteiger partial charge in [-0.15, -0.1) is 0 Å². The summed E-state index contributed by atoms with van der Waals surface area (Å²) < 4.78 is 6.19. The third kappa shape index (κ3) is 4.06. The summed E-state index contributed by atoms with van der Waals surface area (Å²) in [6.45, 7) is 0. The number of carbonyl (C=O) groups is 1. The molecule has 0 aliphatic carbocycles. The lowest BCUT2D eigenvalue weighted by molar-refractivity contribution is 0.0955. The lowest BCUT2D eigenvalue weighted by atomic mass is 10.2. The number of ether oxygens (including phenoxy) is 1. The van der Waals surface area contributed by atoms with Gasteiger partial charge in [0.25, 0.3) is 5.91 Å². The Balaban J connectivity index is 2.01. The molecule has 0 atom stereocenters. The predicted octanol–water partition coefficient (Wildman–Crippen LogP) is 3.06. The van der Waals surface area contributed by atoms with Gasteiger partial charge in [-0.25, -0.2) is 5.43 Å². The molecule has 0 aliphatic heterocycles. The summed E-state index contributed by atoms with van der Waals surface area (Å²) in [4.78, 5) is 11.9. The van der Waals surface area contributed by atoms with Crippen molar-refractivity contribution >= 4 is 34.7 Å². The smallest absolute Gasteiger partial charge is 0.271 e. The molecule has 102 valence electrons. The minimum atomic E-state index is -0.272. The van der Waals surface area contributed by atoms with Gasteiger partial charge in [0.15, 0.2) is 0 Å². The standard InChI is InChI=1S/C15H13IN2O2/c1-20-14-7-3-5-12(9-14)15(19)18-17-10-11-4-2-6-13(16)8-11/h2-10H,1H3,(H,18,19)/b17-10+. The summed E-state index contributed by atoms with van der Waals surface area (Å²) in [5, 5.41) is 3.95. The molecule has 4 nitrogen and oxygen atoms in total. The van der Waals surface area contributed by atoms with Gasteiger partial charge in [-0.1, -0.05) is 18.2 Å². The molecule has 0 heterocycles. The van der Waals surface area contributed by atoms with Crippen LogP contribution in [0.2, 0.25) is 0 Å². The summed E-state index contributed by atoms with van der Waals surface area (Å²) in [6.07, 6.45) is 1.61. The zero-order chi connectivity index (χ0) is 14.4. The van der Waals surface area contributed by atoms with E-state index in [9.17, 15) is 4.79 Å². The SMILES string of the molecule is COc1cccc(C(=O)N/N=C/c2cccc(I)c2)c1. The quantitative estimate of drug-likeness (QED) is 0.504. The largest absolute Gasteiger partial charge is 0.497 e. The van der Waals surface area contributed by atoms with Crippen LogP contribution in [0.15, 0.2) is 53.6 Å². The molecule has 0 bridgehead atoms. The number of methoxy groups -OCH3 is 1. The maximum Gasteiger partial charge on any atom is 0.271 e. The molecule has 0 aliphatic rings. The van der Waals surface area contributed by atoms with Gasteiger partial charge in [0.2, 0.25) is 0 Å². The molecular weight excluding hydrogens is 367 g/mol. The van der Waals surface area contributed by atoms with Crippen LogP contribution in [0, 0.1) is 3.57 Å². The van der Waals surface area contributed by atoms with E-state index in [1.54, 1.807) is 37.6 Å². The maximum atomic E-state index is 11.9. The van der Waals surface area contributed by atoms with E-state index in [0.717, 1.165) is 9.13 Å². The molecule has 20 heavy (non-hydrogen) atoms. The summed E-state index contributed by atoms with van der Waals surface area (Å²) in [7, 11) is 1.56. The Morgan fingerprint density at radius 1 is 1.25 bits per heavy atom. The van der Waals surface area contributed by atoms with E-state index in [-0.39, 0.29) is 5.91 Å². The predicted molar refractivity (Wildman–Crippen MR) is 87.2 cm³/mol. The van der Waals surface area contributed by atoms with Crippen LogP contribution in [0.1, 0.15) is 15.9 Å². The molecule has 5 heteroatoms. The first-order valence-corrected chi connectivity index (χ1v) is 7.00. The number of hydrogen-bond acceptors (Lipinski definition) is 3. The fraction of sp³-hybridized carbons (Fsp3) is 0.0667. The van der Waals surface area contributed by atoms with Crippen molar-refractivity contribution in [2.45, 2.75) is 0 Å². The Bertz CT molecular complexity index is 641. The van der Waals surface area contributed by atoms with Crippen molar-refractivity contribution in [1.29, 1.82) is 0 Å². The highest BCUT2D eigenvalue weighted by Crippen LogP contribution is 2.12. The van der Waals surface area contributed by atoms with E-state index in [1.165, 1.54) is 0 Å². The van der Waals surface area contributed by atoms with E-state index in [0.29, 0.717) is 11.3 Å². The van der Waals surface area contributed by atoms with Crippen LogP contribution in [0.5, 0.6) is 5.75 Å². The zero-order valence-electron chi connectivity index (χ0n) is 10.8. The Morgan fingerprint density at radius 3 is 2.80 bits per heavy atom. The maximum absolute atomic E-state index is 11.9. The van der Waals surface area contributed by atoms with Crippen molar-refractivity contribution in [3.63, 3.8) is 0 Å². The van der Waals surface area contributed by atoms with Gasteiger partial charge >= 0.3 is 0 Å². The molecule has 0 radical (unpaired) electrons. The second-order valence-corrected chi connectivity index (χ2v) is 5.23. The van der Waals surface area contributed by atoms with Crippen LogP contribution in [0.25, 0.3) is 0 Å². The van der Waals surface area contributed by atoms with Crippen LogP contribution in [0.3, 0.4) is 0 Å². The number of hydrogen-bond donors (Lipinski definition) is 1. The van der Waals surface area contributed by atoms with Crippen LogP contribution < -0.4 is 10.2 Å². The molecule has 0 saturated heterocycles. The number of halogens is 1. The van der Waals surface area contributed by atoms with Gasteiger partial charge in [-0.3, -0.25) is 4.79 Å². The highest BCUT2D eigenvalue weighted by molar-refractivity contribution is 14.1. The Kier molecular flexibility index (Phi) is 5.11. The molecule has 0 spiro atoms. The van der Waals surface area contributed by atoms with Crippen LogP contribution >= 0.6 is 22.6 Å². The van der Waals surface area contributed by atoms with Crippen molar-refractivity contribution in [3.05, 3.63) is 63.2 Å². The second kappa shape index (κ2) is 7.04. The normalized spacial score (nSPS) is 10.5. The first-order valence-electron chi connectivity index (χ1n) is 5.92. The second-order valence-electron chi connectivity index (χ2n) is 3.99. The molecule has 1 amide bonds. The summed E-state index contributed by atoms with van der Waals surface area (Å²) in [5.41, 5.74) is 3.93. The fourth-order valence-corrected chi connectivity index (χ4v) is 2.15. The third-order valence-corrected chi connectivity index (χ3v) is 3.23. The van der Waals surface area contributed by atoms with Crippen LogP contribution in [0.4, 0.5) is 0 Å². The number of hydrazone groups is 1. The van der Waals surface area contributed by atoms with Gasteiger partial charge in [0, 0.05) is 9.13 Å². The van der Waals surface area contributed by atoms with Gasteiger partial charge in [0.05, 0.1) is 13.3 Å². The summed E-state index contributed by atoms with van der Waals surface area (Å²) in [6, 6.07) is 14.7. The van der Waals surface area contributed by atoms with E-state index in [4.69, 9.17) is 4.74 Å². The van der Waals surface area contributed by atoms with Crippen molar-refractivity contribution in [3.8, 4) is 5.75 Å². The highest BCUT2D eigenvalue weighted by Gasteiger charge is 2.04. The number of rotatable bonds is 4. The number of amides is 1. The van der Waals surface area contributed by atoms with Gasteiger partial charge in [0.1, 0.15) is 5.75 Å². The molecule has 2 aromatic carbocycles. The monoisotopic (exact) mass is 380 g/mol. The molecular formula is C15H13IN2O2. The van der Waals surface area contributed by atoms with E-state index >= 15 is 0 Å². The van der Waals surface area contributed by atoms with Gasteiger partial charge in [-0.2, -0.15) is 5.10 Å². The van der Waals surface area contributed by atoms with E-state index in [1.807, 2.05) is 24.3 Å². The van der Waals surface area contributed by atoms with E-state index in [2.05, 4.69) is 33.1 Å². The third-order valence-electron chi connectivity index (χ3n) is 2.56. The number of nitrogens with one attached hydrogen (secondary N) is 1. The molecule has 1 N–H and O–H groups in total. The fourth-order valence-electron chi connectivity index (χ4n) is 1.58. The molecule has 0 saturated carbocycles. The molecule has 2 rings (SSSR count). The Hall–Kier alpha value is -1.89. The van der Waals surface area contributed by atoms with Crippen molar-refractivity contribution in [2.75, 3.05) is 7.11 Å². The molecule has 2 aromatic rings. The lowest BCUT2D eigenvalue weighted by Gasteiger charge is -2.03. The van der Waals surface area contributed by atoms with Crippen molar-refractivity contribution in [2.24, 2.45) is 5.10 Å². The zero-order valence-corrected chi connectivity index (χ0v) is 13.0. The Morgan fingerprint density at radius 2 is 2.05 bits per heavy atom. The highest BCUT2D eigenvalue weighted by atomic mass is 127. The summed E-state index contributed by atoms with van der Waals surface area (Å²) in [5.74, 6) is 0.366. The van der Waals surface area contributed by atoms with Crippen molar-refractivity contribution < 1.29 is 9.53 Å². The average Bonchev–Trinajstić information content (AvgIpc) is 2.47. The number of benzene rings is 2. The summed E-state index contributed by atoms with van der Waals surface area (Å²) >= 11 is 2.22. The van der Waals surface area contributed by atoms with E-state index < -0.39 is 0 Å². The lowest BCUT2D eigenvalue weighted by Crippen LogP contribution is -2.17. The number of carbonyl (C=O) groups excluding carboxylic acids is 1. The first-order chi connectivity index (χ1) is 9.69. The van der Waals surface area contributed by atoms with Crippen LogP contribution in [-0.2, 0) is 0 Å². The Labute approximate surface area is 131 Å². The minimum Gasteiger partial charge on any atom is -0.497 e. The number of nitrogens with zero attached hydrogens (tertiary/aromatic N) is 1. The van der Waals surface area contributed by atoms with Gasteiger partial charge in [-0.05, 0) is 58.5 Å². The molecule has 0 aromatic heterocycles. The topological polar surface area (TPSA) is 50.7 Å². The van der Waals surface area contributed by atoms with Crippen molar-refractivity contribution in [1.82, 2.24) is 5.43 Å². The minimum absolute atomic E-state index is 0.272. The first kappa shape index (κ1) is 14.5. The van der Waals surface area contributed by atoms with Gasteiger partial charge < -0.3 is 4.74 Å². The average molecular weight is 380 g/mol. The van der Waals surface area contributed by atoms with Crippen LogP contribution in [-0.4, -0.2) is 19.2 Å².